The molecule has 1 aromatic rings. The van der Waals surface area contributed by atoms with Crippen molar-refractivity contribution in [1.82, 2.24) is 10.6 Å². The summed E-state index contributed by atoms with van der Waals surface area (Å²) in [4.78, 5) is 4.09. The van der Waals surface area contributed by atoms with Gasteiger partial charge in [0.2, 0.25) is 0 Å². The number of ether oxygens (including phenoxy) is 1. The Bertz CT molecular complexity index is 430. The lowest BCUT2D eigenvalue weighted by Gasteiger charge is -2.12. The fraction of sp³-hybridized carbons (Fsp3) is 0.500. The second kappa shape index (κ2) is 11.5. The van der Waals surface area contributed by atoms with Crippen LogP contribution in [0, 0.1) is 0 Å². The highest BCUT2D eigenvalue weighted by Gasteiger charge is 2.05. The van der Waals surface area contributed by atoms with E-state index in [0.29, 0.717) is 12.5 Å². The van der Waals surface area contributed by atoms with Gasteiger partial charge in [-0.25, -0.2) is 0 Å². The Balaban J connectivity index is 0.00000400. The van der Waals surface area contributed by atoms with E-state index in [4.69, 9.17) is 0 Å². The van der Waals surface area contributed by atoms with E-state index in [-0.39, 0.29) is 29.7 Å². The van der Waals surface area contributed by atoms with Gasteiger partial charge in [-0.05, 0) is 24.1 Å². The summed E-state index contributed by atoms with van der Waals surface area (Å²) in [7, 11) is 1.69. The SMILES string of the molecule is CCCCNC(=NC)NCc1cccc(OC(F)F)c1.I. The molecule has 0 aromatic heterocycles. The summed E-state index contributed by atoms with van der Waals surface area (Å²) in [6, 6.07) is 6.61. The smallest absolute Gasteiger partial charge is 0.387 e. The van der Waals surface area contributed by atoms with Crippen molar-refractivity contribution in [2.75, 3.05) is 13.6 Å². The number of nitrogens with one attached hydrogen (secondary N) is 2. The van der Waals surface area contributed by atoms with Crippen LogP contribution in [0.2, 0.25) is 0 Å². The van der Waals surface area contributed by atoms with E-state index in [2.05, 4.69) is 27.3 Å². The molecule has 0 saturated carbocycles. The number of halogens is 3. The molecule has 0 bridgehead atoms. The summed E-state index contributed by atoms with van der Waals surface area (Å²) in [5.74, 6) is 0.854. The van der Waals surface area contributed by atoms with Crippen molar-refractivity contribution in [2.24, 2.45) is 4.99 Å². The average Bonchev–Trinajstić information content (AvgIpc) is 2.42. The lowest BCUT2D eigenvalue weighted by atomic mass is 10.2. The molecule has 0 saturated heterocycles. The normalized spacial score (nSPS) is 11.0. The largest absolute Gasteiger partial charge is 0.435 e. The zero-order valence-electron chi connectivity index (χ0n) is 12.2. The highest BCUT2D eigenvalue weighted by Crippen LogP contribution is 2.15. The second-order valence-corrected chi connectivity index (χ2v) is 4.23. The topological polar surface area (TPSA) is 45.7 Å². The van der Waals surface area contributed by atoms with Gasteiger partial charge in [0.05, 0.1) is 0 Å². The molecule has 0 aliphatic rings. The standard InChI is InChI=1S/C14H21F2N3O.HI/c1-3-4-8-18-14(17-2)19-10-11-6-5-7-12(9-11)20-13(15)16;/h5-7,9,13H,3-4,8,10H2,1-2H3,(H2,17,18,19);1H. The molecule has 0 atom stereocenters. The first-order chi connectivity index (χ1) is 9.65. The first-order valence-corrected chi connectivity index (χ1v) is 6.64. The van der Waals surface area contributed by atoms with Gasteiger partial charge in [-0.3, -0.25) is 4.99 Å². The lowest BCUT2D eigenvalue weighted by molar-refractivity contribution is -0.0498. The number of nitrogens with zero attached hydrogens (tertiary/aromatic N) is 1. The van der Waals surface area contributed by atoms with Crippen molar-refractivity contribution in [3.8, 4) is 5.75 Å². The van der Waals surface area contributed by atoms with Gasteiger partial charge in [-0.2, -0.15) is 8.78 Å². The molecule has 2 N–H and O–H groups in total. The molecule has 0 spiro atoms. The Kier molecular flexibility index (Phi) is 10.9. The molecule has 0 fully saturated rings. The Labute approximate surface area is 141 Å². The van der Waals surface area contributed by atoms with Crippen molar-refractivity contribution in [3.05, 3.63) is 29.8 Å². The summed E-state index contributed by atoms with van der Waals surface area (Å²) in [5.41, 5.74) is 0.849. The van der Waals surface area contributed by atoms with Crippen LogP contribution in [0.4, 0.5) is 8.78 Å². The average molecular weight is 413 g/mol. The van der Waals surface area contributed by atoms with Gasteiger partial charge < -0.3 is 15.4 Å². The Morgan fingerprint density at radius 3 is 2.71 bits per heavy atom. The second-order valence-electron chi connectivity index (χ2n) is 4.23. The minimum absolute atomic E-state index is 0. The van der Waals surface area contributed by atoms with Gasteiger partial charge in [0.1, 0.15) is 5.75 Å². The highest BCUT2D eigenvalue weighted by molar-refractivity contribution is 14.0. The van der Waals surface area contributed by atoms with Crippen LogP contribution in [0.15, 0.2) is 29.3 Å². The Morgan fingerprint density at radius 1 is 1.33 bits per heavy atom. The summed E-state index contributed by atoms with van der Waals surface area (Å²) < 4.78 is 28.6. The number of unbranched alkanes of at least 4 members (excludes halogenated alkanes) is 1. The molecule has 0 heterocycles. The molecule has 120 valence electrons. The maximum absolute atomic E-state index is 12.1. The molecule has 0 aliphatic carbocycles. The minimum Gasteiger partial charge on any atom is -0.435 e. The molecule has 1 rings (SSSR count). The first kappa shape index (κ1) is 19.9. The monoisotopic (exact) mass is 413 g/mol. The predicted molar refractivity (Wildman–Crippen MR) is 91.6 cm³/mol. The number of aliphatic imine (C=N–C) groups is 1. The molecule has 7 heteroatoms. The quantitative estimate of drug-likeness (QED) is 0.312. The van der Waals surface area contributed by atoms with Crippen LogP contribution in [-0.2, 0) is 6.54 Å². The summed E-state index contributed by atoms with van der Waals surface area (Å²) >= 11 is 0. The zero-order chi connectivity index (χ0) is 14.8. The maximum atomic E-state index is 12.1. The molecule has 21 heavy (non-hydrogen) atoms. The lowest BCUT2D eigenvalue weighted by Crippen LogP contribution is -2.37. The Morgan fingerprint density at radius 2 is 2.10 bits per heavy atom. The van der Waals surface area contributed by atoms with Crippen LogP contribution in [0.25, 0.3) is 0 Å². The number of benzene rings is 1. The number of hydrogen-bond acceptors (Lipinski definition) is 2. The predicted octanol–water partition coefficient (Wildman–Crippen LogP) is 3.37. The van der Waals surface area contributed by atoms with Crippen molar-refractivity contribution in [1.29, 1.82) is 0 Å². The fourth-order valence-corrected chi connectivity index (χ4v) is 1.62. The third-order valence-electron chi connectivity index (χ3n) is 2.63. The summed E-state index contributed by atoms with van der Waals surface area (Å²) in [6.45, 7) is 0.658. The molecule has 0 radical (unpaired) electrons. The van der Waals surface area contributed by atoms with Crippen molar-refractivity contribution < 1.29 is 13.5 Å². The number of alkyl halides is 2. The molecule has 0 aliphatic heterocycles. The van der Waals surface area contributed by atoms with Crippen LogP contribution in [0.3, 0.4) is 0 Å². The molecule has 0 unspecified atom stereocenters. The summed E-state index contributed by atoms with van der Waals surface area (Å²) in [5, 5.41) is 6.30. The molecule has 1 aromatic carbocycles. The summed E-state index contributed by atoms with van der Waals surface area (Å²) in [6.07, 6.45) is 2.18. The van der Waals surface area contributed by atoms with Gasteiger partial charge in [-0.1, -0.05) is 25.5 Å². The zero-order valence-corrected chi connectivity index (χ0v) is 14.6. The van der Waals surface area contributed by atoms with E-state index in [9.17, 15) is 8.78 Å². The molecular weight excluding hydrogens is 391 g/mol. The number of rotatable bonds is 7. The van der Waals surface area contributed by atoms with Crippen molar-refractivity contribution in [2.45, 2.75) is 32.9 Å². The van der Waals surface area contributed by atoms with Crippen LogP contribution in [0.1, 0.15) is 25.3 Å². The van der Waals surface area contributed by atoms with E-state index < -0.39 is 6.61 Å². The Hall–Kier alpha value is -1.12. The van der Waals surface area contributed by atoms with E-state index in [1.54, 1.807) is 19.2 Å². The third kappa shape index (κ3) is 8.69. The minimum atomic E-state index is -2.80. The van der Waals surface area contributed by atoms with Gasteiger partial charge in [-0.15, -0.1) is 24.0 Å². The van der Waals surface area contributed by atoms with Crippen molar-refractivity contribution in [3.63, 3.8) is 0 Å². The fourth-order valence-electron chi connectivity index (χ4n) is 1.62. The van der Waals surface area contributed by atoms with E-state index in [1.807, 2.05) is 6.07 Å². The van der Waals surface area contributed by atoms with Crippen LogP contribution in [-0.4, -0.2) is 26.2 Å². The highest BCUT2D eigenvalue weighted by atomic mass is 127. The number of hydrogen-bond donors (Lipinski definition) is 2. The first-order valence-electron chi connectivity index (χ1n) is 6.64. The van der Waals surface area contributed by atoms with Gasteiger partial charge in [0.15, 0.2) is 5.96 Å². The molecule has 4 nitrogen and oxygen atoms in total. The maximum Gasteiger partial charge on any atom is 0.387 e. The van der Waals surface area contributed by atoms with E-state index in [0.717, 1.165) is 24.9 Å². The third-order valence-corrected chi connectivity index (χ3v) is 2.63. The van der Waals surface area contributed by atoms with Crippen molar-refractivity contribution >= 4 is 29.9 Å². The van der Waals surface area contributed by atoms with Crippen LogP contribution < -0.4 is 15.4 Å². The number of guanidine groups is 1. The van der Waals surface area contributed by atoms with Gasteiger partial charge >= 0.3 is 6.61 Å². The molecular formula is C14H22F2IN3O. The van der Waals surface area contributed by atoms with Crippen LogP contribution >= 0.6 is 24.0 Å². The van der Waals surface area contributed by atoms with Gasteiger partial charge in [0.25, 0.3) is 0 Å². The van der Waals surface area contributed by atoms with Crippen LogP contribution in [0.5, 0.6) is 5.75 Å². The van der Waals surface area contributed by atoms with Gasteiger partial charge in [0, 0.05) is 20.1 Å². The van der Waals surface area contributed by atoms with E-state index in [1.165, 1.54) is 6.07 Å². The molecule has 0 amide bonds. The van der Waals surface area contributed by atoms with E-state index >= 15 is 0 Å².